The summed E-state index contributed by atoms with van der Waals surface area (Å²) in [5.74, 6) is 0.628. The van der Waals surface area contributed by atoms with E-state index < -0.39 is 35.3 Å². The van der Waals surface area contributed by atoms with Gasteiger partial charge in [-0.3, -0.25) is 0 Å². The molecule has 0 spiro atoms. The summed E-state index contributed by atoms with van der Waals surface area (Å²) in [5.41, 5.74) is 6.51. The van der Waals surface area contributed by atoms with Crippen LogP contribution in [0.15, 0.2) is 65.2 Å². The first-order valence-electron chi connectivity index (χ1n) is 19.6. The Morgan fingerprint density at radius 2 is 1.43 bits per heavy atom. The zero-order valence-corrected chi connectivity index (χ0v) is 31.4. The minimum Gasteiger partial charge on any atom is -0.455 e. The Hall–Kier alpha value is -3.95. The van der Waals surface area contributed by atoms with E-state index in [0.717, 1.165) is 38.4 Å². The number of pyridine rings is 1. The zero-order chi connectivity index (χ0) is 40.1. The topological polar surface area (TPSA) is 55.7 Å². The first kappa shape index (κ1) is 25.1. The van der Waals surface area contributed by atoms with Crippen molar-refractivity contribution in [3.8, 4) is 33.8 Å². The fourth-order valence-corrected chi connectivity index (χ4v) is 7.71. The lowest BCUT2D eigenvalue weighted by Crippen LogP contribution is -2.52. The lowest BCUT2D eigenvalue weighted by atomic mass is 9.84. The van der Waals surface area contributed by atoms with E-state index in [1.165, 1.54) is 6.20 Å². The molecule has 0 aliphatic rings. The molecule has 47 heavy (non-hydrogen) atoms. The van der Waals surface area contributed by atoms with Crippen LogP contribution in [0.25, 0.3) is 55.7 Å². The van der Waals surface area contributed by atoms with E-state index in [2.05, 4.69) is 39.3 Å². The van der Waals surface area contributed by atoms with Gasteiger partial charge in [-0.05, 0) is 66.0 Å². The molecular formula is C40H49N4OSi2+. The first-order valence-corrected chi connectivity index (χ1v) is 23.1. The van der Waals surface area contributed by atoms with Gasteiger partial charge in [0.25, 0.3) is 0 Å². The summed E-state index contributed by atoms with van der Waals surface area (Å²) in [6.07, 6.45) is 1.53. The highest BCUT2D eigenvalue weighted by Gasteiger charge is 2.29. The Kier molecular flexibility index (Phi) is 6.06. The van der Waals surface area contributed by atoms with E-state index in [9.17, 15) is 0 Å². The van der Waals surface area contributed by atoms with Crippen LogP contribution in [-0.2, 0) is 12.5 Å². The van der Waals surface area contributed by atoms with E-state index in [1.807, 2.05) is 58.0 Å². The first-order chi connectivity index (χ1) is 24.7. The van der Waals surface area contributed by atoms with Crippen molar-refractivity contribution in [1.82, 2.24) is 15.0 Å². The Morgan fingerprint density at radius 1 is 0.766 bits per heavy atom. The van der Waals surface area contributed by atoms with E-state index in [4.69, 9.17) is 29.0 Å². The zero-order valence-electron chi connectivity index (χ0n) is 36.4. The van der Waals surface area contributed by atoms with E-state index >= 15 is 0 Å². The molecule has 0 amide bonds. The van der Waals surface area contributed by atoms with Gasteiger partial charge in [-0.15, -0.1) is 0 Å². The van der Waals surface area contributed by atoms with Crippen molar-refractivity contribution in [1.29, 1.82) is 0 Å². The monoisotopic (exact) mass is 664 g/mol. The third-order valence-corrected chi connectivity index (χ3v) is 11.8. The predicted octanol–water partition coefficient (Wildman–Crippen LogP) is 8.91. The minimum atomic E-state index is -2.60. The van der Waals surface area contributed by atoms with E-state index in [-0.39, 0.29) is 28.3 Å². The maximum atomic E-state index is 9.14. The van der Waals surface area contributed by atoms with E-state index in [0.29, 0.717) is 28.2 Å². The number of aryl methyl sites for hydroxylation is 4. The molecule has 242 valence electrons. The highest BCUT2D eigenvalue weighted by Crippen LogP contribution is 2.40. The van der Waals surface area contributed by atoms with Gasteiger partial charge in [0.2, 0.25) is 5.69 Å². The third kappa shape index (κ3) is 6.11. The van der Waals surface area contributed by atoms with Gasteiger partial charge in [-0.25, -0.2) is 19.5 Å². The summed E-state index contributed by atoms with van der Waals surface area (Å²) in [4.78, 5) is 14.9. The van der Waals surface area contributed by atoms with Crippen molar-refractivity contribution in [3.05, 3.63) is 83.0 Å². The van der Waals surface area contributed by atoms with Gasteiger partial charge in [0.15, 0.2) is 12.0 Å². The summed E-state index contributed by atoms with van der Waals surface area (Å²) in [5, 5.41) is 1.77. The predicted molar refractivity (Wildman–Crippen MR) is 203 cm³/mol. The van der Waals surface area contributed by atoms with Crippen molar-refractivity contribution in [3.63, 3.8) is 0 Å². The number of aromatic nitrogens is 4. The molecule has 5 nitrogen and oxygen atoms in total. The van der Waals surface area contributed by atoms with Crippen molar-refractivity contribution in [2.75, 3.05) is 0 Å². The standard InChI is InChI=1S/C40H49N4OSi2/c1-24-14-17-31-30-18-15-27(37-41-38(46(8,9)10)43-39(42-37)47(11,12)13)21-34(30)45-36(31)35(24)33-22-32(26(3)23-44(33)7)29-19-16-28(20-25(29)2)40(4,5)6/h14-23H,1-13H3/q+1/i2D3,3D3,19D. The van der Waals surface area contributed by atoms with Crippen LogP contribution in [0, 0.1) is 20.6 Å². The van der Waals surface area contributed by atoms with Gasteiger partial charge < -0.3 is 4.42 Å². The number of fused-ring (bicyclic) bond motifs is 3. The van der Waals surface area contributed by atoms with Crippen LogP contribution in [0.3, 0.4) is 0 Å². The van der Waals surface area contributed by atoms with Gasteiger partial charge in [0.1, 0.15) is 45.3 Å². The molecule has 0 radical (unpaired) electrons. The number of hydrogen-bond acceptors (Lipinski definition) is 4. The Morgan fingerprint density at radius 3 is 2.04 bits per heavy atom. The van der Waals surface area contributed by atoms with Crippen LogP contribution < -0.4 is 15.5 Å². The molecule has 0 saturated heterocycles. The third-order valence-electron chi connectivity index (χ3n) is 8.69. The average Bonchev–Trinajstić information content (AvgIpc) is 3.40. The molecule has 3 aromatic carbocycles. The van der Waals surface area contributed by atoms with Crippen molar-refractivity contribution in [2.45, 2.75) is 86.1 Å². The van der Waals surface area contributed by atoms with Gasteiger partial charge in [0.05, 0.1) is 6.93 Å². The maximum absolute atomic E-state index is 9.14. The molecule has 6 rings (SSSR count). The Bertz CT molecular complexity index is 2440. The fourth-order valence-electron chi connectivity index (χ4n) is 5.83. The van der Waals surface area contributed by atoms with Crippen LogP contribution in [0.2, 0.25) is 39.3 Å². The Labute approximate surface area is 292 Å². The fraction of sp³-hybridized carbons (Fsp3) is 0.350. The highest BCUT2D eigenvalue weighted by molar-refractivity contribution is 6.89. The number of hydrogen-bond donors (Lipinski definition) is 0. The van der Waals surface area contributed by atoms with Crippen LogP contribution in [0.4, 0.5) is 0 Å². The van der Waals surface area contributed by atoms with Gasteiger partial charge in [0, 0.05) is 36.2 Å². The smallest absolute Gasteiger partial charge is 0.216 e. The normalized spacial score (nSPS) is 15.5. The molecule has 0 saturated carbocycles. The second kappa shape index (κ2) is 11.3. The van der Waals surface area contributed by atoms with Crippen LogP contribution in [0.5, 0.6) is 0 Å². The second-order valence-corrected chi connectivity index (χ2v) is 25.7. The summed E-state index contributed by atoms with van der Waals surface area (Å²) < 4.78 is 68.6. The molecule has 0 N–H and O–H groups in total. The number of benzene rings is 3. The van der Waals surface area contributed by atoms with Crippen LogP contribution in [0.1, 0.15) is 52.6 Å². The minimum absolute atomic E-state index is 0.0388. The van der Waals surface area contributed by atoms with Gasteiger partial charge in [-0.1, -0.05) is 96.4 Å². The highest BCUT2D eigenvalue weighted by atomic mass is 28.3. The molecule has 6 aromatic rings. The van der Waals surface area contributed by atoms with Crippen molar-refractivity contribution >= 4 is 49.0 Å². The molecule has 0 unspecified atom stereocenters. The summed E-state index contributed by atoms with van der Waals surface area (Å²) in [7, 11) is -1.95. The summed E-state index contributed by atoms with van der Waals surface area (Å²) in [6, 6.07) is 15.0. The lowest BCUT2D eigenvalue weighted by molar-refractivity contribution is -0.660. The van der Waals surface area contributed by atoms with Crippen molar-refractivity contribution in [2.24, 2.45) is 7.05 Å². The molecule has 0 bridgehead atoms. The molecule has 0 aliphatic heterocycles. The summed E-state index contributed by atoms with van der Waals surface area (Å²) >= 11 is 0. The largest absolute Gasteiger partial charge is 0.455 e. The SMILES string of the molecule is [2H]c1cc(C(C)(C)C)cc(C([2H])([2H])[2H])c1-c1cc(-c2c(C)ccc3c2oc2cc(-c4nc([Si](C)(C)C)nc([Si](C)(C)C)n4)ccc23)[n+](C)cc1C([2H])([2H])[2H]. The van der Waals surface area contributed by atoms with Gasteiger partial charge >= 0.3 is 0 Å². The van der Waals surface area contributed by atoms with E-state index in [1.54, 1.807) is 29.8 Å². The van der Waals surface area contributed by atoms with Crippen LogP contribution in [-0.4, -0.2) is 31.1 Å². The lowest BCUT2D eigenvalue weighted by Gasteiger charge is -2.21. The number of rotatable bonds is 5. The molecular weight excluding hydrogens is 609 g/mol. The molecule has 0 aliphatic carbocycles. The number of nitrogens with zero attached hydrogens (tertiary/aromatic N) is 4. The molecule has 7 heteroatoms. The second-order valence-electron chi connectivity index (χ2n) is 15.8. The molecule has 0 fully saturated rings. The van der Waals surface area contributed by atoms with Gasteiger partial charge in [-0.2, -0.15) is 0 Å². The molecule has 3 heterocycles. The Balaban J connectivity index is 1.63. The summed E-state index contributed by atoms with van der Waals surface area (Å²) in [6.45, 7) is 16.0. The number of furan rings is 1. The van der Waals surface area contributed by atoms with Crippen LogP contribution >= 0.6 is 0 Å². The van der Waals surface area contributed by atoms with Crippen molar-refractivity contribution < 1.29 is 18.6 Å². The maximum Gasteiger partial charge on any atom is 0.216 e. The molecule has 0 atom stereocenters. The quantitative estimate of drug-likeness (QED) is 0.136. The average molecular weight is 665 g/mol. The molecule has 3 aromatic heterocycles.